The molecule has 0 bridgehead atoms. The van der Waals surface area contributed by atoms with Gasteiger partial charge in [0.25, 0.3) is 5.89 Å². The van der Waals surface area contributed by atoms with Crippen LogP contribution in [-0.2, 0) is 0 Å². The molecule has 0 radical (unpaired) electrons. The van der Waals surface area contributed by atoms with E-state index < -0.39 is 6.04 Å². The molecule has 1 unspecified atom stereocenters. The molecule has 8 nitrogen and oxygen atoms in total. The van der Waals surface area contributed by atoms with Crippen LogP contribution in [0, 0.1) is 11.7 Å². The first-order chi connectivity index (χ1) is 16.3. The second-order valence-electron chi connectivity index (χ2n) is 8.43. The molecule has 34 heavy (non-hydrogen) atoms. The topological polar surface area (TPSA) is 89.7 Å². The van der Waals surface area contributed by atoms with Crippen LogP contribution in [0.2, 0.25) is 0 Å². The molecule has 178 valence electrons. The smallest absolute Gasteiger partial charge is 0.322 e. The lowest BCUT2D eigenvalue weighted by atomic mass is 9.94. The third kappa shape index (κ3) is 4.46. The van der Waals surface area contributed by atoms with Crippen molar-refractivity contribution in [1.82, 2.24) is 20.4 Å². The second kappa shape index (κ2) is 9.54. The van der Waals surface area contributed by atoms with Gasteiger partial charge in [0.1, 0.15) is 5.82 Å². The first-order valence-corrected chi connectivity index (χ1v) is 10.9. The molecule has 0 spiro atoms. The number of allylic oxidation sites excluding steroid dienone is 1. The molecule has 1 atom stereocenters. The van der Waals surface area contributed by atoms with E-state index in [9.17, 15) is 9.18 Å². The van der Waals surface area contributed by atoms with Crippen LogP contribution in [0.15, 0.2) is 52.7 Å². The number of amides is 2. The number of benzene rings is 2. The van der Waals surface area contributed by atoms with Crippen LogP contribution in [0.5, 0.6) is 11.5 Å². The highest BCUT2D eigenvalue weighted by molar-refractivity contribution is 5.87. The van der Waals surface area contributed by atoms with Gasteiger partial charge >= 0.3 is 6.03 Å². The predicted octanol–water partition coefficient (Wildman–Crippen LogP) is 5.05. The third-order valence-corrected chi connectivity index (χ3v) is 5.64. The highest BCUT2D eigenvalue weighted by atomic mass is 19.1. The number of hydrogen-bond donors (Lipinski definition) is 1. The van der Waals surface area contributed by atoms with Crippen molar-refractivity contribution >= 4 is 11.6 Å². The highest BCUT2D eigenvalue weighted by Crippen LogP contribution is 2.40. The zero-order valence-corrected chi connectivity index (χ0v) is 19.8. The Hall–Kier alpha value is -3.88. The Balaban J connectivity index is 1.82. The van der Waals surface area contributed by atoms with Crippen molar-refractivity contribution in [2.24, 2.45) is 5.92 Å². The number of ether oxygens (including phenoxy) is 2. The lowest BCUT2D eigenvalue weighted by molar-refractivity contribution is 0.199. The molecule has 0 saturated heterocycles. The molecule has 0 fully saturated rings. The van der Waals surface area contributed by atoms with E-state index in [1.54, 1.807) is 37.3 Å². The molecule has 3 aromatic rings. The summed E-state index contributed by atoms with van der Waals surface area (Å²) < 4.78 is 29.8. The van der Waals surface area contributed by atoms with E-state index in [1.165, 1.54) is 12.1 Å². The Labute approximate surface area is 197 Å². The third-order valence-electron chi connectivity index (χ3n) is 5.64. The van der Waals surface area contributed by atoms with Gasteiger partial charge in [-0.15, -0.1) is 0 Å². The van der Waals surface area contributed by atoms with Gasteiger partial charge in [0.05, 0.1) is 25.8 Å². The summed E-state index contributed by atoms with van der Waals surface area (Å²) in [5, 5.41) is 7.17. The zero-order valence-electron chi connectivity index (χ0n) is 19.8. The summed E-state index contributed by atoms with van der Waals surface area (Å²) in [5.41, 5.74) is 2.78. The van der Waals surface area contributed by atoms with Gasteiger partial charge in [0.15, 0.2) is 11.5 Å². The maximum Gasteiger partial charge on any atom is 0.322 e. The average molecular weight is 467 g/mol. The van der Waals surface area contributed by atoms with Crippen molar-refractivity contribution in [2.75, 3.05) is 20.8 Å². The maximum absolute atomic E-state index is 13.4. The number of nitrogens with one attached hydrogen (secondary N) is 1. The lowest BCUT2D eigenvalue weighted by Crippen LogP contribution is -2.47. The fraction of sp³-hybridized carbons (Fsp3) is 0.320. The summed E-state index contributed by atoms with van der Waals surface area (Å²) >= 11 is 0. The largest absolute Gasteiger partial charge is 0.493 e. The van der Waals surface area contributed by atoms with Gasteiger partial charge < -0.3 is 19.3 Å². The minimum atomic E-state index is -0.558. The van der Waals surface area contributed by atoms with Crippen molar-refractivity contribution in [2.45, 2.75) is 26.8 Å². The second-order valence-corrected chi connectivity index (χ2v) is 8.43. The van der Waals surface area contributed by atoms with E-state index in [-0.39, 0.29) is 23.7 Å². The van der Waals surface area contributed by atoms with E-state index in [0.29, 0.717) is 40.7 Å². The molecule has 2 aromatic carbocycles. The monoisotopic (exact) mass is 466 g/mol. The van der Waals surface area contributed by atoms with E-state index in [4.69, 9.17) is 14.0 Å². The molecule has 1 aliphatic heterocycles. The Morgan fingerprint density at radius 3 is 2.47 bits per heavy atom. The van der Waals surface area contributed by atoms with Gasteiger partial charge in [-0.25, -0.2) is 9.18 Å². The van der Waals surface area contributed by atoms with Gasteiger partial charge in [0, 0.05) is 17.8 Å². The van der Waals surface area contributed by atoms with Crippen molar-refractivity contribution < 1.29 is 23.2 Å². The number of rotatable bonds is 7. The van der Waals surface area contributed by atoms with Crippen LogP contribution in [0.3, 0.4) is 0 Å². The van der Waals surface area contributed by atoms with Crippen LogP contribution in [0.4, 0.5) is 9.18 Å². The quantitative estimate of drug-likeness (QED) is 0.524. The molecule has 0 saturated carbocycles. The van der Waals surface area contributed by atoms with Gasteiger partial charge in [-0.2, -0.15) is 4.98 Å². The first-order valence-electron chi connectivity index (χ1n) is 10.9. The lowest BCUT2D eigenvalue weighted by Gasteiger charge is -2.36. The van der Waals surface area contributed by atoms with Crippen molar-refractivity contribution in [1.29, 1.82) is 0 Å². The fourth-order valence-corrected chi connectivity index (χ4v) is 3.97. The molecular weight excluding hydrogens is 439 g/mol. The van der Waals surface area contributed by atoms with Crippen LogP contribution in [0.1, 0.15) is 38.3 Å². The van der Waals surface area contributed by atoms with Gasteiger partial charge in [0.2, 0.25) is 5.82 Å². The Morgan fingerprint density at radius 2 is 1.82 bits per heavy atom. The molecule has 4 rings (SSSR count). The molecule has 1 aromatic heterocycles. The predicted molar refractivity (Wildman–Crippen MR) is 125 cm³/mol. The molecular formula is C25H27FN4O4. The first kappa shape index (κ1) is 23.3. The fourth-order valence-electron chi connectivity index (χ4n) is 3.97. The molecule has 2 heterocycles. The van der Waals surface area contributed by atoms with E-state index in [2.05, 4.69) is 15.5 Å². The number of methoxy groups -OCH3 is 2. The zero-order chi connectivity index (χ0) is 24.4. The highest BCUT2D eigenvalue weighted by Gasteiger charge is 2.36. The SMILES string of the molecule is COc1ccc(C2NC(=O)N(CC(C)C)C(C)=C2c2nc(-c3ccc(F)cc3)no2)cc1OC. The molecule has 1 aliphatic rings. The molecule has 1 N–H and O–H groups in total. The van der Waals surface area contributed by atoms with Crippen molar-refractivity contribution in [3.63, 3.8) is 0 Å². The molecule has 0 aliphatic carbocycles. The number of urea groups is 1. The number of aromatic nitrogens is 2. The van der Waals surface area contributed by atoms with Gasteiger partial charge in [-0.3, -0.25) is 4.90 Å². The maximum atomic E-state index is 13.4. The summed E-state index contributed by atoms with van der Waals surface area (Å²) in [5.74, 6) is 1.61. The normalized spacial score (nSPS) is 16.1. The minimum absolute atomic E-state index is 0.215. The number of halogens is 1. The van der Waals surface area contributed by atoms with Crippen molar-refractivity contribution in [3.8, 4) is 22.9 Å². The number of carbonyl (C=O) groups is 1. The van der Waals surface area contributed by atoms with Crippen LogP contribution >= 0.6 is 0 Å². The molecule has 9 heteroatoms. The van der Waals surface area contributed by atoms with Crippen molar-refractivity contribution in [3.05, 3.63) is 65.4 Å². The summed E-state index contributed by atoms with van der Waals surface area (Å²) in [6.45, 7) is 6.48. The number of nitrogens with zero attached hydrogens (tertiary/aromatic N) is 3. The van der Waals surface area contributed by atoms with Crippen LogP contribution < -0.4 is 14.8 Å². The summed E-state index contributed by atoms with van der Waals surface area (Å²) in [4.78, 5) is 19.3. The standard InChI is InChI=1S/C25H27FN4O4/c1-14(2)13-30-15(3)21(24-28-23(29-34-24)16-6-9-18(26)10-7-16)22(27-25(30)31)17-8-11-19(32-4)20(12-17)33-5/h6-12,14,22H,13H2,1-5H3,(H,27,31). The van der Waals surface area contributed by atoms with Gasteiger partial charge in [-0.1, -0.05) is 25.1 Å². The van der Waals surface area contributed by atoms with E-state index in [1.807, 2.05) is 32.9 Å². The summed E-state index contributed by atoms with van der Waals surface area (Å²) in [7, 11) is 3.12. The van der Waals surface area contributed by atoms with E-state index >= 15 is 0 Å². The van der Waals surface area contributed by atoms with Crippen LogP contribution in [-0.4, -0.2) is 41.8 Å². The Bertz CT molecular complexity index is 1220. The Kier molecular flexibility index (Phi) is 6.54. The minimum Gasteiger partial charge on any atom is -0.493 e. The Morgan fingerprint density at radius 1 is 1.12 bits per heavy atom. The number of hydrogen-bond acceptors (Lipinski definition) is 6. The summed E-state index contributed by atoms with van der Waals surface area (Å²) in [6.07, 6.45) is 0. The van der Waals surface area contributed by atoms with Crippen LogP contribution in [0.25, 0.3) is 17.0 Å². The molecule has 2 amide bonds. The number of carbonyl (C=O) groups excluding carboxylic acids is 1. The van der Waals surface area contributed by atoms with E-state index in [0.717, 1.165) is 5.56 Å². The van der Waals surface area contributed by atoms with Gasteiger partial charge in [-0.05, 0) is 54.8 Å². The summed E-state index contributed by atoms with van der Waals surface area (Å²) in [6, 6.07) is 10.5. The average Bonchev–Trinajstić information content (AvgIpc) is 3.31.